The molecular formula is C27H60O8S. The predicted molar refractivity (Wildman–Crippen MR) is 151 cm³/mol. The fourth-order valence-electron chi connectivity index (χ4n) is 1.89. The molecule has 0 aromatic carbocycles. The summed E-state index contributed by atoms with van der Waals surface area (Å²) >= 11 is 0. The fourth-order valence-corrected chi connectivity index (χ4v) is 2.54. The average molecular weight is 545 g/mol. The van der Waals surface area contributed by atoms with Crippen molar-refractivity contribution in [3.05, 3.63) is 0 Å². The third kappa shape index (κ3) is 58.8. The molecule has 0 saturated heterocycles. The van der Waals surface area contributed by atoms with E-state index in [1.807, 2.05) is 27.7 Å². The molecule has 0 aliphatic carbocycles. The molecule has 0 spiro atoms. The lowest BCUT2D eigenvalue weighted by Gasteiger charge is -2.05. The molecule has 0 bridgehead atoms. The number of esters is 1. The van der Waals surface area contributed by atoms with Gasteiger partial charge in [0, 0.05) is 26.1 Å². The van der Waals surface area contributed by atoms with E-state index in [1.165, 1.54) is 19.1 Å². The van der Waals surface area contributed by atoms with Crippen LogP contribution in [0.4, 0.5) is 0 Å². The van der Waals surface area contributed by atoms with Crippen LogP contribution in [0.3, 0.4) is 0 Å². The lowest BCUT2D eigenvalue weighted by Crippen LogP contribution is -2.15. The number of sulfone groups is 1. The largest absolute Gasteiger partial charge is 0.464 e. The van der Waals surface area contributed by atoms with Crippen molar-refractivity contribution in [3.63, 3.8) is 0 Å². The summed E-state index contributed by atoms with van der Waals surface area (Å²) in [5.74, 6) is -0.0732. The molecule has 0 aliphatic heterocycles. The zero-order chi connectivity index (χ0) is 29.0. The summed E-state index contributed by atoms with van der Waals surface area (Å²) in [6.07, 6.45) is 6.46. The first-order valence-corrected chi connectivity index (χ1v) is 15.5. The minimum atomic E-state index is -2.80. The average Bonchev–Trinajstić information content (AvgIpc) is 2.75. The van der Waals surface area contributed by atoms with Crippen LogP contribution >= 0.6 is 0 Å². The van der Waals surface area contributed by atoms with Crippen molar-refractivity contribution in [2.24, 2.45) is 0 Å². The summed E-state index contributed by atoms with van der Waals surface area (Å²) in [4.78, 5) is 10.6. The second-order valence-corrected chi connectivity index (χ2v) is 11.5. The highest BCUT2D eigenvalue weighted by Crippen LogP contribution is 1.94. The fraction of sp³-hybridized carbons (Fsp3) is 0.963. The van der Waals surface area contributed by atoms with E-state index in [4.69, 9.17) is 18.9 Å². The molecule has 0 amide bonds. The molecule has 0 fully saturated rings. The molecular weight excluding hydrogens is 484 g/mol. The van der Waals surface area contributed by atoms with Crippen LogP contribution in [0, 0.1) is 0 Å². The van der Waals surface area contributed by atoms with Gasteiger partial charge in [-0.05, 0) is 81.6 Å². The van der Waals surface area contributed by atoms with Gasteiger partial charge < -0.3 is 23.7 Å². The quantitative estimate of drug-likeness (QED) is 0.176. The summed E-state index contributed by atoms with van der Waals surface area (Å²) in [5, 5.41) is 0. The van der Waals surface area contributed by atoms with Crippen molar-refractivity contribution < 1.29 is 36.9 Å². The molecule has 0 heterocycles. The van der Waals surface area contributed by atoms with Gasteiger partial charge in [-0.15, -0.1) is 0 Å². The van der Waals surface area contributed by atoms with Crippen molar-refractivity contribution >= 4 is 15.8 Å². The summed E-state index contributed by atoms with van der Waals surface area (Å²) < 4.78 is 46.5. The Balaban J connectivity index is -0.000000192. The van der Waals surface area contributed by atoms with Gasteiger partial charge in [-0.2, -0.15) is 0 Å². The van der Waals surface area contributed by atoms with Gasteiger partial charge in [-0.1, -0.05) is 20.3 Å². The molecule has 0 unspecified atom stereocenters. The van der Waals surface area contributed by atoms with E-state index >= 15 is 0 Å². The number of carbonyl (C=O) groups excluding carboxylic acids is 1. The van der Waals surface area contributed by atoms with Gasteiger partial charge in [0.25, 0.3) is 0 Å². The van der Waals surface area contributed by atoms with Crippen molar-refractivity contribution in [1.29, 1.82) is 0 Å². The summed E-state index contributed by atoms with van der Waals surface area (Å²) in [6, 6.07) is 0. The SMILES string of the molecule is CC(C)OCCCS(C)(=O)=O.CCCCOC(C)C.CCCOC(C)C.CCOC(=O)COC(C)C. The number of hydrogen-bond donors (Lipinski definition) is 0. The first-order valence-electron chi connectivity index (χ1n) is 13.4. The van der Waals surface area contributed by atoms with E-state index in [2.05, 4.69) is 46.3 Å². The Morgan fingerprint density at radius 3 is 1.36 bits per heavy atom. The molecule has 222 valence electrons. The summed E-state index contributed by atoms with van der Waals surface area (Å²) in [7, 11) is -2.80. The van der Waals surface area contributed by atoms with Gasteiger partial charge >= 0.3 is 5.97 Å². The third-order valence-electron chi connectivity index (χ3n) is 3.55. The van der Waals surface area contributed by atoms with Crippen molar-refractivity contribution in [1.82, 2.24) is 0 Å². The van der Waals surface area contributed by atoms with E-state index < -0.39 is 9.84 Å². The minimum Gasteiger partial charge on any atom is -0.464 e. The standard InChI is InChI=1S/C7H16O3S.C7H14O3.C7H16O.C6H14O/c1-7(2)10-5-4-6-11(3,8)9;1-4-9-7(8)5-10-6(2)3;1-4-5-6-8-7(2)3;1-4-5-7-6(2)3/h7H,4-6H2,1-3H3;6H,4-5H2,1-3H3;7H,4-6H2,1-3H3;6H,4-5H2,1-3H3. The Kier molecular flexibility index (Phi) is 35.9. The predicted octanol–water partition coefficient (Wildman–Crippen LogP) is 5.85. The first-order chi connectivity index (χ1) is 16.6. The Morgan fingerprint density at radius 2 is 1.06 bits per heavy atom. The first kappa shape index (κ1) is 42.4. The lowest BCUT2D eigenvalue weighted by molar-refractivity contribution is -0.149. The van der Waals surface area contributed by atoms with Crippen molar-refractivity contribution in [2.45, 2.75) is 126 Å². The Morgan fingerprint density at radius 1 is 0.639 bits per heavy atom. The normalized spacial score (nSPS) is 10.9. The Bertz CT molecular complexity index is 532. The second kappa shape index (κ2) is 30.5. The zero-order valence-corrected chi connectivity index (χ0v) is 26.4. The number of unbranched alkanes of at least 4 members (excludes halogenated alkanes) is 1. The van der Waals surface area contributed by atoms with E-state index in [1.54, 1.807) is 6.92 Å². The van der Waals surface area contributed by atoms with E-state index in [0.29, 0.717) is 31.8 Å². The molecule has 0 saturated carbocycles. The molecule has 0 rings (SSSR count). The number of rotatable bonds is 16. The van der Waals surface area contributed by atoms with Crippen LogP contribution in [0.2, 0.25) is 0 Å². The maximum atomic E-state index is 10.6. The lowest BCUT2D eigenvalue weighted by atomic mass is 10.3. The van der Waals surface area contributed by atoms with Gasteiger partial charge in [0.05, 0.1) is 36.8 Å². The van der Waals surface area contributed by atoms with Crippen LogP contribution in [0.15, 0.2) is 0 Å². The molecule has 9 heteroatoms. The molecule has 0 atom stereocenters. The monoisotopic (exact) mass is 544 g/mol. The highest BCUT2D eigenvalue weighted by molar-refractivity contribution is 7.90. The topological polar surface area (TPSA) is 97.4 Å². The number of hydrogen-bond acceptors (Lipinski definition) is 8. The van der Waals surface area contributed by atoms with Crippen LogP contribution in [-0.4, -0.2) is 83.8 Å². The maximum Gasteiger partial charge on any atom is 0.332 e. The number of ether oxygens (including phenoxy) is 5. The van der Waals surface area contributed by atoms with Gasteiger partial charge in [0.1, 0.15) is 16.4 Å². The third-order valence-corrected chi connectivity index (χ3v) is 4.59. The smallest absolute Gasteiger partial charge is 0.332 e. The van der Waals surface area contributed by atoms with Gasteiger partial charge in [0.2, 0.25) is 0 Å². The van der Waals surface area contributed by atoms with Crippen LogP contribution in [0.5, 0.6) is 0 Å². The number of carbonyl (C=O) groups is 1. The highest BCUT2D eigenvalue weighted by Gasteiger charge is 2.02. The van der Waals surface area contributed by atoms with Gasteiger partial charge in [0.15, 0.2) is 0 Å². The van der Waals surface area contributed by atoms with E-state index in [-0.39, 0.29) is 30.5 Å². The second-order valence-electron chi connectivity index (χ2n) is 9.26. The zero-order valence-electron chi connectivity index (χ0n) is 25.6. The van der Waals surface area contributed by atoms with Crippen LogP contribution < -0.4 is 0 Å². The molecule has 0 aromatic rings. The molecule has 8 nitrogen and oxygen atoms in total. The molecule has 0 radical (unpaired) electrons. The van der Waals surface area contributed by atoms with E-state index in [9.17, 15) is 13.2 Å². The van der Waals surface area contributed by atoms with Gasteiger partial charge in [-0.25, -0.2) is 13.2 Å². The van der Waals surface area contributed by atoms with Crippen LogP contribution in [0.25, 0.3) is 0 Å². The summed E-state index contributed by atoms with van der Waals surface area (Å²) in [6.45, 7) is 24.7. The highest BCUT2D eigenvalue weighted by atomic mass is 32.2. The van der Waals surface area contributed by atoms with Crippen LogP contribution in [0.1, 0.15) is 102 Å². The van der Waals surface area contributed by atoms with E-state index in [0.717, 1.165) is 19.6 Å². The summed E-state index contributed by atoms with van der Waals surface area (Å²) in [5.41, 5.74) is 0. The minimum absolute atomic E-state index is 0.0610. The van der Waals surface area contributed by atoms with Crippen LogP contribution in [-0.2, 0) is 38.3 Å². The van der Waals surface area contributed by atoms with Gasteiger partial charge in [-0.3, -0.25) is 0 Å². The molecule has 0 N–H and O–H groups in total. The van der Waals surface area contributed by atoms with Crippen molar-refractivity contribution in [2.75, 3.05) is 45.0 Å². The van der Waals surface area contributed by atoms with Crippen molar-refractivity contribution in [3.8, 4) is 0 Å². The molecule has 36 heavy (non-hydrogen) atoms. The maximum absolute atomic E-state index is 10.6. The molecule has 0 aliphatic rings. The Labute approximate surface area is 224 Å². The molecule has 0 aromatic heterocycles. The Hall–Kier alpha value is -0.740.